The maximum Gasteiger partial charge on any atom is 0.251 e. The molecule has 0 fully saturated rings. The molecule has 0 radical (unpaired) electrons. The van der Waals surface area contributed by atoms with Crippen LogP contribution in [0.1, 0.15) is 15.9 Å². The van der Waals surface area contributed by atoms with Crippen LogP contribution >= 0.6 is 0 Å². The Morgan fingerprint density at radius 1 is 1.12 bits per heavy atom. The van der Waals surface area contributed by atoms with Crippen LogP contribution in [-0.2, 0) is 4.79 Å². The van der Waals surface area contributed by atoms with Crippen LogP contribution in [0.4, 0.5) is 15.8 Å². The topological polar surface area (TPSA) is 52.7 Å². The highest BCUT2D eigenvalue weighted by molar-refractivity contribution is 6.02. The molecule has 0 atom stereocenters. The molecular weight excluding hydrogens is 321 g/mol. The standard InChI is InChI=1S/C19H20FN3O2/c1-13-5-3-4-6-15(13)19(25)21-12-18(24)23-10-9-22(2)17-11-14(20)7-8-16(17)23/h3-8,11H,9-10,12H2,1-2H3,(H,21,25). The van der Waals surface area contributed by atoms with Crippen molar-refractivity contribution >= 4 is 23.2 Å². The number of aryl methyl sites for hydroxylation is 1. The van der Waals surface area contributed by atoms with E-state index in [0.29, 0.717) is 30.0 Å². The number of nitrogens with zero attached hydrogens (tertiary/aromatic N) is 2. The number of rotatable bonds is 3. The Labute approximate surface area is 146 Å². The molecule has 1 heterocycles. The average Bonchev–Trinajstić information content (AvgIpc) is 2.60. The van der Waals surface area contributed by atoms with E-state index in [9.17, 15) is 14.0 Å². The van der Waals surface area contributed by atoms with Gasteiger partial charge in [-0.05, 0) is 36.8 Å². The monoisotopic (exact) mass is 341 g/mol. The normalized spacial score (nSPS) is 13.4. The minimum Gasteiger partial charge on any atom is -0.371 e. The minimum atomic E-state index is -0.340. The van der Waals surface area contributed by atoms with Crippen molar-refractivity contribution in [2.45, 2.75) is 6.92 Å². The first-order valence-corrected chi connectivity index (χ1v) is 8.12. The van der Waals surface area contributed by atoms with Gasteiger partial charge in [0.15, 0.2) is 0 Å². The predicted molar refractivity (Wildman–Crippen MR) is 95.5 cm³/mol. The van der Waals surface area contributed by atoms with E-state index < -0.39 is 0 Å². The molecule has 0 spiro atoms. The number of carbonyl (C=O) groups is 2. The first kappa shape index (κ1) is 17.0. The molecular formula is C19H20FN3O2. The summed E-state index contributed by atoms with van der Waals surface area (Å²) in [7, 11) is 1.86. The zero-order chi connectivity index (χ0) is 18.0. The lowest BCUT2D eigenvalue weighted by molar-refractivity contribution is -0.117. The number of benzene rings is 2. The van der Waals surface area contributed by atoms with Crippen molar-refractivity contribution in [1.82, 2.24) is 5.32 Å². The molecule has 2 aromatic rings. The van der Waals surface area contributed by atoms with E-state index in [1.807, 2.05) is 31.0 Å². The van der Waals surface area contributed by atoms with Gasteiger partial charge in [-0.2, -0.15) is 0 Å². The Balaban J connectivity index is 1.71. The lowest BCUT2D eigenvalue weighted by Gasteiger charge is -2.35. The summed E-state index contributed by atoms with van der Waals surface area (Å²) < 4.78 is 13.5. The number of fused-ring (bicyclic) bond motifs is 1. The van der Waals surface area contributed by atoms with Gasteiger partial charge >= 0.3 is 0 Å². The van der Waals surface area contributed by atoms with Crippen LogP contribution in [0.15, 0.2) is 42.5 Å². The molecule has 130 valence electrons. The Bertz CT molecular complexity index is 822. The molecule has 6 heteroatoms. The number of carbonyl (C=O) groups excluding carboxylic acids is 2. The molecule has 0 bridgehead atoms. The van der Waals surface area contributed by atoms with Gasteiger partial charge in [-0.15, -0.1) is 0 Å². The predicted octanol–water partition coefficient (Wildman–Crippen LogP) is 2.35. The van der Waals surface area contributed by atoms with Gasteiger partial charge in [-0.3, -0.25) is 9.59 Å². The van der Waals surface area contributed by atoms with Crippen molar-refractivity contribution in [3.8, 4) is 0 Å². The van der Waals surface area contributed by atoms with Crippen LogP contribution in [0.5, 0.6) is 0 Å². The lowest BCUT2D eigenvalue weighted by atomic mass is 10.1. The third-order valence-electron chi connectivity index (χ3n) is 4.39. The van der Waals surface area contributed by atoms with Crippen LogP contribution in [0.2, 0.25) is 0 Å². The number of nitrogens with one attached hydrogen (secondary N) is 1. The maximum atomic E-state index is 13.5. The van der Waals surface area contributed by atoms with Crippen molar-refractivity contribution in [2.75, 3.05) is 36.5 Å². The van der Waals surface area contributed by atoms with Crippen LogP contribution in [0.25, 0.3) is 0 Å². The average molecular weight is 341 g/mol. The van der Waals surface area contributed by atoms with Crippen molar-refractivity contribution in [3.05, 3.63) is 59.4 Å². The highest BCUT2D eigenvalue weighted by Crippen LogP contribution is 2.32. The number of hydrogen-bond donors (Lipinski definition) is 1. The van der Waals surface area contributed by atoms with Crippen molar-refractivity contribution in [3.63, 3.8) is 0 Å². The summed E-state index contributed by atoms with van der Waals surface area (Å²) in [5, 5.41) is 2.67. The van der Waals surface area contributed by atoms with Crippen molar-refractivity contribution in [2.24, 2.45) is 0 Å². The first-order chi connectivity index (χ1) is 12.0. The number of likely N-dealkylation sites (N-methyl/N-ethyl adjacent to an activating group) is 1. The van der Waals surface area contributed by atoms with E-state index in [0.717, 1.165) is 5.56 Å². The van der Waals surface area contributed by atoms with E-state index in [-0.39, 0.29) is 24.2 Å². The summed E-state index contributed by atoms with van der Waals surface area (Å²) in [6, 6.07) is 11.6. The zero-order valence-corrected chi connectivity index (χ0v) is 14.3. The quantitative estimate of drug-likeness (QED) is 0.932. The fraction of sp³-hybridized carbons (Fsp3) is 0.263. The Kier molecular flexibility index (Phi) is 4.70. The Hall–Kier alpha value is -2.89. The van der Waals surface area contributed by atoms with E-state index >= 15 is 0 Å². The fourth-order valence-corrected chi connectivity index (χ4v) is 2.95. The summed E-state index contributed by atoms with van der Waals surface area (Å²) >= 11 is 0. The third kappa shape index (κ3) is 3.47. The first-order valence-electron chi connectivity index (χ1n) is 8.12. The summed E-state index contributed by atoms with van der Waals surface area (Å²) in [5.41, 5.74) is 2.74. The van der Waals surface area contributed by atoms with Gasteiger partial charge < -0.3 is 15.1 Å². The molecule has 2 aromatic carbocycles. The molecule has 0 saturated heterocycles. The summed E-state index contributed by atoms with van der Waals surface area (Å²) in [6.07, 6.45) is 0. The fourth-order valence-electron chi connectivity index (χ4n) is 2.95. The highest BCUT2D eigenvalue weighted by Gasteiger charge is 2.25. The van der Waals surface area contributed by atoms with Crippen molar-refractivity contribution in [1.29, 1.82) is 0 Å². The van der Waals surface area contributed by atoms with Gasteiger partial charge in [0.2, 0.25) is 5.91 Å². The molecule has 3 rings (SSSR count). The Morgan fingerprint density at radius 2 is 1.88 bits per heavy atom. The molecule has 1 N–H and O–H groups in total. The zero-order valence-electron chi connectivity index (χ0n) is 14.3. The van der Waals surface area contributed by atoms with Crippen LogP contribution in [-0.4, -0.2) is 38.5 Å². The number of amides is 2. The molecule has 2 amide bonds. The third-order valence-corrected chi connectivity index (χ3v) is 4.39. The second-order valence-electron chi connectivity index (χ2n) is 6.10. The van der Waals surface area contributed by atoms with Gasteiger partial charge in [0.05, 0.1) is 17.9 Å². The smallest absolute Gasteiger partial charge is 0.251 e. The van der Waals surface area contributed by atoms with Gasteiger partial charge in [0.1, 0.15) is 5.82 Å². The second kappa shape index (κ2) is 6.93. The van der Waals surface area contributed by atoms with Gasteiger partial charge in [0.25, 0.3) is 5.91 Å². The molecule has 0 aromatic heterocycles. The largest absolute Gasteiger partial charge is 0.371 e. The molecule has 0 saturated carbocycles. The highest BCUT2D eigenvalue weighted by atomic mass is 19.1. The van der Waals surface area contributed by atoms with E-state index in [1.54, 1.807) is 23.1 Å². The van der Waals surface area contributed by atoms with Gasteiger partial charge in [0, 0.05) is 25.7 Å². The summed E-state index contributed by atoms with van der Waals surface area (Å²) in [4.78, 5) is 28.3. The number of anilines is 2. The van der Waals surface area contributed by atoms with E-state index in [2.05, 4.69) is 5.32 Å². The van der Waals surface area contributed by atoms with Gasteiger partial charge in [-0.1, -0.05) is 18.2 Å². The van der Waals surface area contributed by atoms with E-state index in [1.165, 1.54) is 12.1 Å². The SMILES string of the molecule is Cc1ccccc1C(=O)NCC(=O)N1CCN(C)c2cc(F)ccc21. The van der Waals surface area contributed by atoms with Crippen LogP contribution in [0, 0.1) is 12.7 Å². The lowest BCUT2D eigenvalue weighted by Crippen LogP contribution is -2.46. The summed E-state index contributed by atoms with van der Waals surface area (Å²) in [5.74, 6) is -0.837. The molecule has 5 nitrogen and oxygen atoms in total. The molecule has 0 aliphatic carbocycles. The molecule has 0 unspecified atom stereocenters. The van der Waals surface area contributed by atoms with Crippen molar-refractivity contribution < 1.29 is 14.0 Å². The minimum absolute atomic E-state index is 0.103. The number of hydrogen-bond acceptors (Lipinski definition) is 3. The molecule has 25 heavy (non-hydrogen) atoms. The summed E-state index contributed by atoms with van der Waals surface area (Å²) in [6.45, 7) is 2.85. The van der Waals surface area contributed by atoms with Gasteiger partial charge in [-0.25, -0.2) is 4.39 Å². The maximum absolute atomic E-state index is 13.5. The molecule has 1 aliphatic heterocycles. The van der Waals surface area contributed by atoms with Crippen LogP contribution in [0.3, 0.4) is 0 Å². The number of halogens is 1. The second-order valence-corrected chi connectivity index (χ2v) is 6.10. The van der Waals surface area contributed by atoms with Crippen LogP contribution < -0.4 is 15.1 Å². The van der Waals surface area contributed by atoms with E-state index in [4.69, 9.17) is 0 Å². The Morgan fingerprint density at radius 3 is 2.64 bits per heavy atom. The molecule has 1 aliphatic rings.